The summed E-state index contributed by atoms with van der Waals surface area (Å²) in [6.45, 7) is 0. The molecule has 2 aromatic heterocycles. The minimum absolute atomic E-state index is 0.499. The quantitative estimate of drug-likeness (QED) is 0.635. The van der Waals surface area contributed by atoms with Gasteiger partial charge in [0.1, 0.15) is 5.82 Å². The van der Waals surface area contributed by atoms with E-state index in [2.05, 4.69) is 44.0 Å². The molecule has 4 rings (SSSR count). The Labute approximate surface area is 151 Å². The van der Waals surface area contributed by atoms with Crippen LogP contribution in [0.25, 0.3) is 11.3 Å². The molecule has 126 valence electrons. The molecule has 0 saturated heterocycles. The summed E-state index contributed by atoms with van der Waals surface area (Å²) in [5.41, 5.74) is 2.95. The van der Waals surface area contributed by atoms with Gasteiger partial charge in [-0.3, -0.25) is 4.98 Å². The van der Waals surface area contributed by atoms with E-state index in [0.29, 0.717) is 12.0 Å². The third-order valence-electron chi connectivity index (χ3n) is 3.98. The molecule has 1 aromatic carbocycles. The minimum atomic E-state index is 0.499. The summed E-state index contributed by atoms with van der Waals surface area (Å²) in [5, 5.41) is 6.84. The van der Waals surface area contributed by atoms with Gasteiger partial charge in [-0.15, -0.1) is 11.8 Å². The second-order valence-electron chi connectivity index (χ2n) is 5.94. The normalized spacial score (nSPS) is 13.5. The van der Waals surface area contributed by atoms with Crippen LogP contribution < -0.4 is 10.6 Å². The molecule has 2 N–H and O–H groups in total. The van der Waals surface area contributed by atoms with Gasteiger partial charge in [0.15, 0.2) is 0 Å². The maximum atomic E-state index is 4.67. The van der Waals surface area contributed by atoms with Gasteiger partial charge in [0.05, 0.1) is 11.4 Å². The number of aromatic nitrogens is 3. The van der Waals surface area contributed by atoms with E-state index < -0.39 is 0 Å². The molecule has 0 spiro atoms. The molecule has 0 unspecified atom stereocenters. The Morgan fingerprint density at radius 3 is 2.60 bits per heavy atom. The van der Waals surface area contributed by atoms with Crippen molar-refractivity contribution < 1.29 is 0 Å². The largest absolute Gasteiger partial charge is 0.351 e. The van der Waals surface area contributed by atoms with Crippen molar-refractivity contribution in [2.45, 2.75) is 23.8 Å². The predicted octanol–water partition coefficient (Wildman–Crippen LogP) is 4.58. The first-order chi connectivity index (χ1) is 12.3. The molecule has 3 aromatic rings. The lowest BCUT2D eigenvalue weighted by Crippen LogP contribution is -2.08. The van der Waals surface area contributed by atoms with Gasteiger partial charge in [0, 0.05) is 35.0 Å². The summed E-state index contributed by atoms with van der Waals surface area (Å²) in [6, 6.07) is 14.6. The summed E-state index contributed by atoms with van der Waals surface area (Å²) in [6.07, 6.45) is 7.99. The van der Waals surface area contributed by atoms with Crippen LogP contribution in [0.15, 0.2) is 59.8 Å². The van der Waals surface area contributed by atoms with Crippen molar-refractivity contribution >= 4 is 29.2 Å². The van der Waals surface area contributed by atoms with Crippen LogP contribution >= 0.6 is 11.8 Å². The number of anilines is 3. The van der Waals surface area contributed by atoms with Crippen molar-refractivity contribution in [2.24, 2.45) is 0 Å². The molecule has 5 nitrogen and oxygen atoms in total. The molecule has 0 aliphatic heterocycles. The fourth-order valence-electron chi connectivity index (χ4n) is 2.54. The number of pyridine rings is 1. The standard InChI is InChI=1S/C19H19N5S/c1-25-17-5-3-2-4-15(17)22-18-12-16(13-8-10-20-11-9-13)23-19(24-18)21-14-6-7-14/h2-5,8-12,14H,6-7H2,1H3,(H2,21,22,23,24). The number of benzene rings is 1. The average molecular weight is 349 g/mol. The first-order valence-electron chi connectivity index (χ1n) is 8.28. The van der Waals surface area contributed by atoms with E-state index in [1.165, 1.54) is 17.7 Å². The number of nitrogens with zero attached hydrogens (tertiary/aromatic N) is 3. The van der Waals surface area contributed by atoms with Crippen molar-refractivity contribution in [1.82, 2.24) is 15.0 Å². The maximum absolute atomic E-state index is 4.67. The number of hydrogen-bond donors (Lipinski definition) is 2. The van der Waals surface area contributed by atoms with Crippen molar-refractivity contribution in [3.63, 3.8) is 0 Å². The smallest absolute Gasteiger partial charge is 0.225 e. The number of hydrogen-bond acceptors (Lipinski definition) is 6. The van der Waals surface area contributed by atoms with Crippen LogP contribution in [0, 0.1) is 0 Å². The van der Waals surface area contributed by atoms with Crippen molar-refractivity contribution in [3.05, 3.63) is 54.9 Å². The summed E-state index contributed by atoms with van der Waals surface area (Å²) in [4.78, 5) is 14.6. The first-order valence-corrected chi connectivity index (χ1v) is 9.50. The molecule has 0 atom stereocenters. The number of para-hydroxylation sites is 1. The Balaban J connectivity index is 1.70. The zero-order valence-electron chi connectivity index (χ0n) is 13.9. The van der Waals surface area contributed by atoms with Gasteiger partial charge in [-0.25, -0.2) is 4.98 Å². The van der Waals surface area contributed by atoms with E-state index in [9.17, 15) is 0 Å². The van der Waals surface area contributed by atoms with E-state index in [1.54, 1.807) is 24.2 Å². The lowest BCUT2D eigenvalue weighted by atomic mass is 10.2. The van der Waals surface area contributed by atoms with Gasteiger partial charge < -0.3 is 10.6 Å². The Bertz CT molecular complexity index is 865. The molecule has 25 heavy (non-hydrogen) atoms. The Morgan fingerprint density at radius 2 is 1.84 bits per heavy atom. The number of nitrogens with one attached hydrogen (secondary N) is 2. The van der Waals surface area contributed by atoms with Crippen LogP contribution in [0.3, 0.4) is 0 Å². The fourth-order valence-corrected chi connectivity index (χ4v) is 3.10. The molecule has 1 fully saturated rings. The SMILES string of the molecule is CSc1ccccc1Nc1cc(-c2ccncc2)nc(NC2CC2)n1. The van der Waals surface area contributed by atoms with Gasteiger partial charge in [-0.2, -0.15) is 4.98 Å². The second-order valence-corrected chi connectivity index (χ2v) is 6.79. The predicted molar refractivity (Wildman–Crippen MR) is 103 cm³/mol. The lowest BCUT2D eigenvalue weighted by molar-refractivity contribution is 1.06. The molecular weight excluding hydrogens is 330 g/mol. The van der Waals surface area contributed by atoms with Crippen LogP contribution in [-0.4, -0.2) is 27.2 Å². The number of rotatable bonds is 6. The van der Waals surface area contributed by atoms with Crippen LogP contribution in [0.1, 0.15) is 12.8 Å². The van der Waals surface area contributed by atoms with Crippen LogP contribution in [0.2, 0.25) is 0 Å². The van der Waals surface area contributed by atoms with E-state index >= 15 is 0 Å². The summed E-state index contributed by atoms with van der Waals surface area (Å²) in [7, 11) is 0. The van der Waals surface area contributed by atoms with Gasteiger partial charge in [0.25, 0.3) is 0 Å². The molecule has 1 aliphatic carbocycles. The Hall–Kier alpha value is -2.60. The number of thioether (sulfide) groups is 1. The average Bonchev–Trinajstić information content (AvgIpc) is 3.47. The van der Waals surface area contributed by atoms with Crippen LogP contribution in [0.4, 0.5) is 17.5 Å². The van der Waals surface area contributed by atoms with Crippen molar-refractivity contribution in [1.29, 1.82) is 0 Å². The highest BCUT2D eigenvalue weighted by atomic mass is 32.2. The zero-order valence-corrected chi connectivity index (χ0v) is 14.8. The molecule has 0 radical (unpaired) electrons. The van der Waals surface area contributed by atoms with Gasteiger partial charge in [0.2, 0.25) is 5.95 Å². The van der Waals surface area contributed by atoms with Crippen molar-refractivity contribution in [3.8, 4) is 11.3 Å². The molecule has 1 saturated carbocycles. The highest BCUT2D eigenvalue weighted by Gasteiger charge is 2.22. The topological polar surface area (TPSA) is 62.7 Å². The Kier molecular flexibility index (Phi) is 4.52. The van der Waals surface area contributed by atoms with E-state index in [-0.39, 0.29) is 0 Å². The van der Waals surface area contributed by atoms with Crippen LogP contribution in [0.5, 0.6) is 0 Å². The second kappa shape index (κ2) is 7.11. The molecular formula is C19H19N5S. The third kappa shape index (κ3) is 3.91. The first kappa shape index (κ1) is 15.9. The minimum Gasteiger partial charge on any atom is -0.351 e. The fraction of sp³-hybridized carbons (Fsp3) is 0.211. The Morgan fingerprint density at radius 1 is 1.04 bits per heavy atom. The zero-order chi connectivity index (χ0) is 17.1. The van der Waals surface area contributed by atoms with E-state index in [1.807, 2.05) is 30.3 Å². The summed E-state index contributed by atoms with van der Waals surface area (Å²) >= 11 is 1.71. The summed E-state index contributed by atoms with van der Waals surface area (Å²) in [5.74, 6) is 1.45. The highest BCUT2D eigenvalue weighted by Crippen LogP contribution is 2.30. The van der Waals surface area contributed by atoms with E-state index in [4.69, 9.17) is 0 Å². The van der Waals surface area contributed by atoms with E-state index in [0.717, 1.165) is 22.8 Å². The third-order valence-corrected chi connectivity index (χ3v) is 4.78. The van der Waals surface area contributed by atoms with Crippen LogP contribution in [-0.2, 0) is 0 Å². The molecule has 0 amide bonds. The van der Waals surface area contributed by atoms with Gasteiger partial charge in [-0.05, 0) is 43.4 Å². The molecule has 6 heteroatoms. The lowest BCUT2D eigenvalue weighted by Gasteiger charge is -2.13. The maximum Gasteiger partial charge on any atom is 0.225 e. The monoisotopic (exact) mass is 349 g/mol. The summed E-state index contributed by atoms with van der Waals surface area (Å²) < 4.78 is 0. The van der Waals surface area contributed by atoms with Gasteiger partial charge >= 0.3 is 0 Å². The van der Waals surface area contributed by atoms with Crippen molar-refractivity contribution in [2.75, 3.05) is 16.9 Å². The molecule has 0 bridgehead atoms. The molecule has 1 aliphatic rings. The molecule has 2 heterocycles. The highest BCUT2D eigenvalue weighted by molar-refractivity contribution is 7.98. The van der Waals surface area contributed by atoms with Gasteiger partial charge in [-0.1, -0.05) is 12.1 Å².